The van der Waals surface area contributed by atoms with Gasteiger partial charge in [0.2, 0.25) is 0 Å². The molecule has 24 heavy (non-hydrogen) atoms. The van der Waals surface area contributed by atoms with Crippen LogP contribution in [0.3, 0.4) is 0 Å². The van der Waals surface area contributed by atoms with E-state index < -0.39 is 6.10 Å². The lowest BCUT2D eigenvalue weighted by atomic mass is 9.99. The van der Waals surface area contributed by atoms with Crippen molar-refractivity contribution in [2.24, 2.45) is 0 Å². The quantitative estimate of drug-likeness (QED) is 0.865. The van der Waals surface area contributed by atoms with Crippen molar-refractivity contribution in [3.63, 3.8) is 0 Å². The van der Waals surface area contributed by atoms with Crippen molar-refractivity contribution in [1.82, 2.24) is 14.5 Å². The minimum Gasteiger partial charge on any atom is -0.386 e. The molecule has 3 rings (SSSR count). The zero-order chi connectivity index (χ0) is 16.9. The Kier molecular flexibility index (Phi) is 5.86. The Morgan fingerprint density at radius 2 is 2.00 bits per heavy atom. The molecule has 130 valence electrons. The van der Waals surface area contributed by atoms with Crippen LogP contribution >= 0.6 is 11.6 Å². The molecule has 1 aliphatic heterocycles. The van der Waals surface area contributed by atoms with E-state index in [4.69, 9.17) is 21.1 Å². The third-order valence-corrected chi connectivity index (χ3v) is 4.48. The van der Waals surface area contributed by atoms with Crippen LogP contribution < -0.4 is 0 Å². The Morgan fingerprint density at radius 3 is 2.67 bits per heavy atom. The Balaban J connectivity index is 1.94. The molecule has 0 bridgehead atoms. The third-order valence-electron chi connectivity index (χ3n) is 4.23. The van der Waals surface area contributed by atoms with Crippen molar-refractivity contribution in [1.29, 1.82) is 0 Å². The molecule has 0 spiro atoms. The Hall–Kier alpha value is -1.44. The number of hydrogen-bond acceptors (Lipinski definition) is 5. The molecule has 0 aliphatic carbocycles. The van der Waals surface area contributed by atoms with E-state index in [9.17, 15) is 5.11 Å². The molecule has 0 radical (unpaired) electrons. The highest BCUT2D eigenvalue weighted by Gasteiger charge is 2.33. The smallest absolute Gasteiger partial charge is 0.131 e. The monoisotopic (exact) mass is 351 g/mol. The summed E-state index contributed by atoms with van der Waals surface area (Å²) in [5.74, 6) is 0.779. The summed E-state index contributed by atoms with van der Waals surface area (Å²) in [4.78, 5) is 6.69. The summed E-state index contributed by atoms with van der Waals surface area (Å²) in [5.41, 5.74) is 0.808. The van der Waals surface area contributed by atoms with Gasteiger partial charge >= 0.3 is 0 Å². The summed E-state index contributed by atoms with van der Waals surface area (Å²) in [7, 11) is 1.64. The molecule has 0 amide bonds. The first kappa shape index (κ1) is 17.4. The maximum Gasteiger partial charge on any atom is 0.131 e. The van der Waals surface area contributed by atoms with Crippen LogP contribution in [0.1, 0.15) is 23.5 Å². The highest BCUT2D eigenvalue weighted by molar-refractivity contribution is 6.30. The van der Waals surface area contributed by atoms with Crippen LogP contribution in [0.5, 0.6) is 0 Å². The highest BCUT2D eigenvalue weighted by Crippen LogP contribution is 2.34. The van der Waals surface area contributed by atoms with E-state index in [2.05, 4.69) is 9.88 Å². The molecule has 0 saturated carbocycles. The van der Waals surface area contributed by atoms with E-state index in [0.29, 0.717) is 25.0 Å². The molecule has 2 aromatic rings. The second-order valence-corrected chi connectivity index (χ2v) is 6.20. The van der Waals surface area contributed by atoms with Crippen molar-refractivity contribution in [3.8, 4) is 0 Å². The molecule has 1 aromatic carbocycles. The van der Waals surface area contributed by atoms with Crippen LogP contribution in [0.25, 0.3) is 0 Å². The number of aromatic nitrogens is 2. The number of methoxy groups -OCH3 is 1. The first-order valence-corrected chi connectivity index (χ1v) is 8.34. The van der Waals surface area contributed by atoms with Gasteiger partial charge in [-0.25, -0.2) is 4.98 Å². The average Bonchev–Trinajstić information content (AvgIpc) is 3.05. The first-order chi connectivity index (χ1) is 11.7. The first-order valence-electron chi connectivity index (χ1n) is 7.96. The fourth-order valence-corrected chi connectivity index (χ4v) is 3.16. The Bertz CT molecular complexity index is 641. The second kappa shape index (κ2) is 8.09. The standard InChI is InChI=1S/C17H22ClN3O3/c1-23-12-21-7-6-19-17(21)15(20-8-10-24-11-9-20)16(22)13-2-4-14(18)5-3-13/h2-7,15-16,22H,8-12H2,1H3. The van der Waals surface area contributed by atoms with Gasteiger partial charge in [0.25, 0.3) is 0 Å². The number of halogens is 1. The topological polar surface area (TPSA) is 59.8 Å². The Labute approximate surface area is 146 Å². The van der Waals surface area contributed by atoms with Crippen molar-refractivity contribution in [3.05, 3.63) is 53.1 Å². The molecule has 6 nitrogen and oxygen atoms in total. The predicted octanol–water partition coefficient (Wildman–Crippen LogP) is 2.25. The summed E-state index contributed by atoms with van der Waals surface area (Å²) >= 11 is 5.97. The number of aliphatic hydroxyl groups excluding tert-OH is 1. The van der Waals surface area contributed by atoms with Gasteiger partial charge < -0.3 is 19.1 Å². The van der Waals surface area contributed by atoms with Gasteiger partial charge in [-0.1, -0.05) is 23.7 Å². The van der Waals surface area contributed by atoms with Crippen LogP contribution in [0.2, 0.25) is 5.02 Å². The van der Waals surface area contributed by atoms with Crippen LogP contribution in [-0.4, -0.2) is 53.0 Å². The molecule has 1 N–H and O–H groups in total. The lowest BCUT2D eigenvalue weighted by molar-refractivity contribution is -0.0294. The number of rotatable bonds is 6. The van der Waals surface area contributed by atoms with Crippen LogP contribution in [0.4, 0.5) is 0 Å². The number of nitrogens with zero attached hydrogens (tertiary/aromatic N) is 3. The van der Waals surface area contributed by atoms with Gasteiger partial charge in [0.15, 0.2) is 0 Å². The van der Waals surface area contributed by atoms with E-state index in [-0.39, 0.29) is 6.04 Å². The number of hydrogen-bond donors (Lipinski definition) is 1. The van der Waals surface area contributed by atoms with Crippen molar-refractivity contribution < 1.29 is 14.6 Å². The maximum absolute atomic E-state index is 11.1. The highest BCUT2D eigenvalue weighted by atomic mass is 35.5. The number of ether oxygens (including phenoxy) is 2. The minimum atomic E-state index is -0.724. The van der Waals surface area contributed by atoms with Crippen LogP contribution in [0.15, 0.2) is 36.7 Å². The summed E-state index contributed by atoms with van der Waals surface area (Å²) in [5, 5.41) is 11.7. The summed E-state index contributed by atoms with van der Waals surface area (Å²) in [6.45, 7) is 3.18. The van der Waals surface area contributed by atoms with Gasteiger partial charge in [-0.05, 0) is 17.7 Å². The summed E-state index contributed by atoms with van der Waals surface area (Å²) in [6.07, 6.45) is 2.87. The van der Waals surface area contributed by atoms with E-state index >= 15 is 0 Å². The predicted molar refractivity (Wildman–Crippen MR) is 90.8 cm³/mol. The van der Waals surface area contributed by atoms with Crippen molar-refractivity contribution >= 4 is 11.6 Å². The number of imidazole rings is 1. The van der Waals surface area contributed by atoms with Gasteiger partial charge in [0, 0.05) is 37.6 Å². The summed E-state index contributed by atoms with van der Waals surface area (Å²) < 4.78 is 12.6. The molecular formula is C17H22ClN3O3. The van der Waals surface area contributed by atoms with Gasteiger partial charge in [0.1, 0.15) is 18.7 Å². The molecule has 1 fully saturated rings. The molecule has 1 saturated heterocycles. The zero-order valence-electron chi connectivity index (χ0n) is 13.6. The second-order valence-electron chi connectivity index (χ2n) is 5.76. The van der Waals surface area contributed by atoms with E-state index in [1.807, 2.05) is 22.9 Å². The normalized spacial score (nSPS) is 18.5. The van der Waals surface area contributed by atoms with Crippen molar-refractivity contribution in [2.45, 2.75) is 18.9 Å². The fourth-order valence-electron chi connectivity index (χ4n) is 3.04. The number of aliphatic hydroxyl groups is 1. The van der Waals surface area contributed by atoms with Gasteiger partial charge in [-0.15, -0.1) is 0 Å². The van der Waals surface area contributed by atoms with Crippen LogP contribution in [-0.2, 0) is 16.2 Å². The Morgan fingerprint density at radius 1 is 1.29 bits per heavy atom. The van der Waals surface area contributed by atoms with E-state index in [0.717, 1.165) is 24.5 Å². The molecule has 2 unspecified atom stereocenters. The average molecular weight is 352 g/mol. The zero-order valence-corrected chi connectivity index (χ0v) is 14.4. The SMILES string of the molecule is COCn1ccnc1C(C(O)c1ccc(Cl)cc1)N1CCOCC1. The largest absolute Gasteiger partial charge is 0.386 e. The lowest BCUT2D eigenvalue weighted by Crippen LogP contribution is -2.42. The van der Waals surface area contributed by atoms with Crippen LogP contribution in [0, 0.1) is 0 Å². The maximum atomic E-state index is 11.1. The fraction of sp³-hybridized carbons (Fsp3) is 0.471. The number of benzene rings is 1. The molecular weight excluding hydrogens is 330 g/mol. The molecule has 2 heterocycles. The minimum absolute atomic E-state index is 0.278. The molecule has 2 atom stereocenters. The van der Waals surface area contributed by atoms with Gasteiger partial charge in [-0.3, -0.25) is 4.90 Å². The van der Waals surface area contributed by atoms with E-state index in [1.165, 1.54) is 0 Å². The van der Waals surface area contributed by atoms with Crippen molar-refractivity contribution in [2.75, 3.05) is 33.4 Å². The molecule has 7 heteroatoms. The van der Waals surface area contributed by atoms with Gasteiger partial charge in [0.05, 0.1) is 19.3 Å². The molecule has 1 aromatic heterocycles. The third kappa shape index (κ3) is 3.79. The summed E-state index contributed by atoms with van der Waals surface area (Å²) in [6, 6.07) is 7.00. The number of morpholine rings is 1. The van der Waals surface area contributed by atoms with Gasteiger partial charge in [-0.2, -0.15) is 0 Å². The lowest BCUT2D eigenvalue weighted by Gasteiger charge is -2.37. The van der Waals surface area contributed by atoms with E-state index in [1.54, 1.807) is 25.4 Å². The molecule has 1 aliphatic rings.